The number of benzene rings is 3. The molecule has 0 radical (unpaired) electrons. The van der Waals surface area contributed by atoms with Crippen molar-refractivity contribution in [1.29, 1.82) is 0 Å². The Morgan fingerprint density at radius 3 is 2.11 bits per heavy atom. The van der Waals surface area contributed by atoms with Gasteiger partial charge in [0.2, 0.25) is 21.8 Å². The highest BCUT2D eigenvalue weighted by Gasteiger charge is 2.33. The van der Waals surface area contributed by atoms with Crippen molar-refractivity contribution in [3.63, 3.8) is 0 Å². The van der Waals surface area contributed by atoms with Crippen LogP contribution < -0.4 is 9.62 Å². The van der Waals surface area contributed by atoms with Gasteiger partial charge in [0.25, 0.3) is 0 Å². The van der Waals surface area contributed by atoms with Crippen LogP contribution in [-0.4, -0.2) is 50.5 Å². The lowest BCUT2D eigenvalue weighted by Crippen LogP contribution is -2.53. The van der Waals surface area contributed by atoms with Crippen LogP contribution in [0.25, 0.3) is 0 Å². The first-order chi connectivity index (χ1) is 17.7. The first-order valence-electron chi connectivity index (χ1n) is 12.1. The van der Waals surface area contributed by atoms with Crippen LogP contribution >= 0.6 is 0 Å². The van der Waals surface area contributed by atoms with E-state index in [1.807, 2.05) is 37.3 Å². The minimum Gasteiger partial charge on any atom is -0.354 e. The first-order valence-corrected chi connectivity index (χ1v) is 13.9. The van der Waals surface area contributed by atoms with Crippen molar-refractivity contribution in [3.05, 3.63) is 102 Å². The Labute approximate surface area is 218 Å². The van der Waals surface area contributed by atoms with Gasteiger partial charge in [-0.15, -0.1) is 0 Å². The molecule has 0 saturated heterocycles. The summed E-state index contributed by atoms with van der Waals surface area (Å²) in [5.41, 5.74) is 1.36. The van der Waals surface area contributed by atoms with E-state index in [9.17, 15) is 22.4 Å². The van der Waals surface area contributed by atoms with Crippen molar-refractivity contribution < 1.29 is 22.4 Å². The number of sulfonamides is 1. The monoisotopic (exact) mass is 525 g/mol. The Bertz CT molecular complexity index is 1290. The molecule has 0 aliphatic heterocycles. The molecule has 0 aromatic heterocycles. The Hall–Kier alpha value is -3.72. The number of carbonyl (C=O) groups excluding carboxylic acids is 2. The lowest BCUT2D eigenvalue weighted by atomic mass is 10.0. The molecule has 3 rings (SSSR count). The lowest BCUT2D eigenvalue weighted by molar-refractivity contribution is -0.140. The Morgan fingerprint density at radius 2 is 1.51 bits per heavy atom. The topological polar surface area (TPSA) is 86.8 Å². The molecule has 2 amide bonds. The van der Waals surface area contributed by atoms with Gasteiger partial charge in [0.05, 0.1) is 11.9 Å². The molecule has 1 atom stereocenters. The molecule has 0 heterocycles. The molecule has 0 spiro atoms. The van der Waals surface area contributed by atoms with Crippen LogP contribution in [-0.2, 0) is 32.6 Å². The largest absolute Gasteiger partial charge is 0.354 e. The molecule has 3 aromatic rings. The molecule has 196 valence electrons. The highest BCUT2D eigenvalue weighted by molar-refractivity contribution is 7.92. The second-order valence-electron chi connectivity index (χ2n) is 8.71. The van der Waals surface area contributed by atoms with E-state index < -0.39 is 34.3 Å². The quantitative estimate of drug-likeness (QED) is 0.390. The number of rotatable bonds is 12. The van der Waals surface area contributed by atoms with Gasteiger partial charge in [0.15, 0.2) is 0 Å². The SMILES string of the molecule is CCCNC(=O)[C@@H](Cc1ccccc1)N(Cc1ccccc1F)C(=O)CN(c1ccccc1)S(C)(=O)=O. The summed E-state index contributed by atoms with van der Waals surface area (Å²) in [6, 6.07) is 22.5. The number of hydrogen-bond acceptors (Lipinski definition) is 4. The molecule has 0 fully saturated rings. The summed E-state index contributed by atoms with van der Waals surface area (Å²) in [4.78, 5) is 28.4. The number of halogens is 1. The third-order valence-corrected chi connectivity index (χ3v) is 6.98. The summed E-state index contributed by atoms with van der Waals surface area (Å²) in [6.45, 7) is 1.59. The number of anilines is 1. The normalized spacial score (nSPS) is 12.0. The third-order valence-electron chi connectivity index (χ3n) is 5.84. The van der Waals surface area contributed by atoms with E-state index >= 15 is 0 Å². The number of carbonyl (C=O) groups is 2. The van der Waals surface area contributed by atoms with Crippen LogP contribution in [0.3, 0.4) is 0 Å². The van der Waals surface area contributed by atoms with Gasteiger partial charge < -0.3 is 10.2 Å². The van der Waals surface area contributed by atoms with Crippen LogP contribution in [0.4, 0.5) is 10.1 Å². The summed E-state index contributed by atoms with van der Waals surface area (Å²) >= 11 is 0. The number of hydrogen-bond donors (Lipinski definition) is 1. The average Bonchev–Trinajstić information content (AvgIpc) is 2.89. The molecule has 0 unspecified atom stereocenters. The number of nitrogens with zero attached hydrogens (tertiary/aromatic N) is 2. The molecule has 0 aliphatic carbocycles. The van der Waals surface area contributed by atoms with Crippen molar-refractivity contribution in [3.8, 4) is 0 Å². The standard InChI is InChI=1S/C28H32FN3O4S/c1-3-18-30-28(34)26(19-22-12-6-4-7-13-22)31(20-23-14-10-11-17-25(23)29)27(33)21-32(37(2,35)36)24-15-8-5-9-16-24/h4-17,26H,3,18-21H2,1-2H3,(H,30,34)/t26-/m1/s1. The minimum atomic E-state index is -3.84. The summed E-state index contributed by atoms with van der Waals surface area (Å²) in [5.74, 6) is -1.53. The summed E-state index contributed by atoms with van der Waals surface area (Å²) in [5, 5.41) is 2.85. The summed E-state index contributed by atoms with van der Waals surface area (Å²) < 4.78 is 41.0. The average molecular weight is 526 g/mol. The molecule has 9 heteroatoms. The highest BCUT2D eigenvalue weighted by atomic mass is 32.2. The Kier molecular flexibility index (Phi) is 9.79. The molecule has 0 aliphatic rings. The van der Waals surface area contributed by atoms with E-state index in [0.717, 1.165) is 16.1 Å². The van der Waals surface area contributed by atoms with Crippen molar-refractivity contribution in [1.82, 2.24) is 10.2 Å². The van der Waals surface area contributed by atoms with Gasteiger partial charge in [-0.05, 0) is 30.2 Å². The van der Waals surface area contributed by atoms with E-state index in [2.05, 4.69) is 5.32 Å². The number of para-hydroxylation sites is 1. The van der Waals surface area contributed by atoms with Gasteiger partial charge >= 0.3 is 0 Å². The second-order valence-corrected chi connectivity index (χ2v) is 10.6. The maximum absolute atomic E-state index is 14.7. The fourth-order valence-electron chi connectivity index (χ4n) is 3.94. The molecule has 7 nitrogen and oxygen atoms in total. The fraction of sp³-hybridized carbons (Fsp3) is 0.286. The van der Waals surface area contributed by atoms with Crippen LogP contribution in [0.5, 0.6) is 0 Å². The maximum Gasteiger partial charge on any atom is 0.244 e. The molecule has 0 saturated carbocycles. The van der Waals surface area contributed by atoms with Gasteiger partial charge in [-0.1, -0.05) is 73.7 Å². The van der Waals surface area contributed by atoms with Crippen molar-refractivity contribution in [2.24, 2.45) is 0 Å². The van der Waals surface area contributed by atoms with Crippen molar-refractivity contribution in [2.75, 3.05) is 23.7 Å². The van der Waals surface area contributed by atoms with E-state index in [-0.39, 0.29) is 24.4 Å². The maximum atomic E-state index is 14.7. The zero-order chi connectivity index (χ0) is 26.8. The molecule has 1 N–H and O–H groups in total. The zero-order valence-corrected chi connectivity index (χ0v) is 21.8. The number of amides is 2. The predicted octanol–water partition coefficient (Wildman–Crippen LogP) is 3.76. The van der Waals surface area contributed by atoms with Gasteiger partial charge in [-0.25, -0.2) is 12.8 Å². The third kappa shape index (κ3) is 7.88. The Balaban J connectivity index is 2.03. The lowest BCUT2D eigenvalue weighted by Gasteiger charge is -2.33. The van der Waals surface area contributed by atoms with Crippen molar-refractivity contribution >= 4 is 27.5 Å². The fourth-order valence-corrected chi connectivity index (χ4v) is 4.79. The zero-order valence-electron chi connectivity index (χ0n) is 21.0. The highest BCUT2D eigenvalue weighted by Crippen LogP contribution is 2.20. The smallest absolute Gasteiger partial charge is 0.244 e. The van der Waals surface area contributed by atoms with Gasteiger partial charge in [-0.2, -0.15) is 0 Å². The molecule has 0 bridgehead atoms. The van der Waals surface area contributed by atoms with E-state index in [1.165, 1.54) is 11.0 Å². The molecule has 37 heavy (non-hydrogen) atoms. The molecular formula is C28H32FN3O4S. The van der Waals surface area contributed by atoms with E-state index in [4.69, 9.17) is 0 Å². The number of nitrogens with one attached hydrogen (secondary N) is 1. The summed E-state index contributed by atoms with van der Waals surface area (Å²) in [7, 11) is -3.84. The second kappa shape index (κ2) is 13.0. The summed E-state index contributed by atoms with van der Waals surface area (Å²) in [6.07, 6.45) is 1.89. The van der Waals surface area contributed by atoms with Gasteiger partial charge in [-0.3, -0.25) is 13.9 Å². The van der Waals surface area contributed by atoms with Crippen molar-refractivity contribution in [2.45, 2.75) is 32.4 Å². The molecule has 3 aromatic carbocycles. The van der Waals surface area contributed by atoms with Crippen LogP contribution in [0.1, 0.15) is 24.5 Å². The van der Waals surface area contributed by atoms with Gasteiger partial charge in [0, 0.05) is 25.1 Å². The van der Waals surface area contributed by atoms with Gasteiger partial charge in [0.1, 0.15) is 18.4 Å². The van der Waals surface area contributed by atoms with Crippen LogP contribution in [0.2, 0.25) is 0 Å². The van der Waals surface area contributed by atoms with E-state index in [0.29, 0.717) is 18.7 Å². The van der Waals surface area contributed by atoms with Crippen LogP contribution in [0.15, 0.2) is 84.9 Å². The minimum absolute atomic E-state index is 0.181. The first kappa shape index (κ1) is 27.9. The Morgan fingerprint density at radius 1 is 0.919 bits per heavy atom. The molecular weight excluding hydrogens is 493 g/mol. The van der Waals surface area contributed by atoms with E-state index in [1.54, 1.807) is 48.5 Å². The predicted molar refractivity (Wildman–Crippen MR) is 143 cm³/mol. The van der Waals surface area contributed by atoms with Crippen LogP contribution in [0, 0.1) is 5.82 Å².